The van der Waals surface area contributed by atoms with Crippen LogP contribution in [0.15, 0.2) is 29.8 Å². The Morgan fingerprint density at radius 2 is 1.95 bits per heavy atom. The second-order valence-corrected chi connectivity index (χ2v) is 3.55. The van der Waals surface area contributed by atoms with Crippen LogP contribution in [0.4, 0.5) is 0 Å². The lowest BCUT2D eigenvalue weighted by atomic mass is 10.1. The lowest BCUT2D eigenvalue weighted by molar-refractivity contribution is -0.138. The van der Waals surface area contributed by atoms with Crippen LogP contribution in [0.25, 0.3) is 6.08 Å². The average Bonchev–Trinajstić information content (AvgIpc) is 2.37. The molecule has 0 fully saturated rings. The Labute approximate surface area is 111 Å². The van der Waals surface area contributed by atoms with E-state index in [0.29, 0.717) is 11.3 Å². The minimum absolute atomic E-state index is 0.0814. The van der Waals surface area contributed by atoms with Crippen molar-refractivity contribution in [2.24, 2.45) is 0 Å². The Hall–Kier alpha value is -2.61. The summed E-state index contributed by atoms with van der Waals surface area (Å²) in [5.74, 6) is -0.666. The van der Waals surface area contributed by atoms with E-state index in [0.717, 1.165) is 0 Å². The van der Waals surface area contributed by atoms with Crippen LogP contribution < -0.4 is 4.74 Å². The third-order valence-corrected chi connectivity index (χ3v) is 2.07. The Bertz CT molecular complexity index is 538. The number of rotatable bonds is 4. The first-order valence-electron chi connectivity index (χ1n) is 5.64. The average molecular weight is 259 g/mol. The van der Waals surface area contributed by atoms with E-state index in [1.54, 1.807) is 37.3 Å². The standard InChI is InChI=1S/C14H13NO4/c1-3-18-14(17)12(9-15)8-11-4-6-13(7-5-11)19-10(2)16/h4-8H,3H2,1-2H3/b12-8+. The molecule has 1 aromatic carbocycles. The van der Waals surface area contributed by atoms with Crippen LogP contribution in [-0.4, -0.2) is 18.5 Å². The summed E-state index contributed by atoms with van der Waals surface area (Å²) in [6.07, 6.45) is 1.41. The second kappa shape index (κ2) is 6.97. The molecule has 0 unspecified atom stereocenters. The molecule has 1 aromatic rings. The number of hydrogen-bond acceptors (Lipinski definition) is 5. The van der Waals surface area contributed by atoms with Gasteiger partial charge in [0.15, 0.2) is 0 Å². The fraction of sp³-hybridized carbons (Fsp3) is 0.214. The van der Waals surface area contributed by atoms with Crippen LogP contribution in [-0.2, 0) is 14.3 Å². The van der Waals surface area contributed by atoms with Crippen molar-refractivity contribution in [3.8, 4) is 11.8 Å². The second-order valence-electron chi connectivity index (χ2n) is 3.55. The van der Waals surface area contributed by atoms with Crippen LogP contribution in [0.1, 0.15) is 19.4 Å². The molecule has 5 heteroatoms. The van der Waals surface area contributed by atoms with Gasteiger partial charge in [0.1, 0.15) is 17.4 Å². The molecule has 0 aliphatic heterocycles. The summed E-state index contributed by atoms with van der Waals surface area (Å²) < 4.78 is 9.61. The maximum Gasteiger partial charge on any atom is 0.348 e. The third kappa shape index (κ3) is 4.64. The van der Waals surface area contributed by atoms with Crippen molar-refractivity contribution in [2.75, 3.05) is 6.61 Å². The fourth-order valence-electron chi connectivity index (χ4n) is 1.31. The fourth-order valence-corrected chi connectivity index (χ4v) is 1.31. The molecule has 0 saturated heterocycles. The van der Waals surface area contributed by atoms with Crippen molar-refractivity contribution >= 4 is 18.0 Å². The summed E-state index contributed by atoms with van der Waals surface area (Å²) in [6, 6.07) is 8.20. The number of benzene rings is 1. The largest absolute Gasteiger partial charge is 0.462 e. The molecule has 0 spiro atoms. The Balaban J connectivity index is 2.88. The Kier molecular flexibility index (Phi) is 5.30. The number of hydrogen-bond donors (Lipinski definition) is 0. The van der Waals surface area contributed by atoms with Gasteiger partial charge in [-0.3, -0.25) is 4.79 Å². The first-order chi connectivity index (χ1) is 9.06. The summed E-state index contributed by atoms with van der Waals surface area (Å²) in [5.41, 5.74) is 0.558. The van der Waals surface area contributed by atoms with Gasteiger partial charge in [-0.15, -0.1) is 0 Å². The molecule has 98 valence electrons. The van der Waals surface area contributed by atoms with Gasteiger partial charge in [0, 0.05) is 6.92 Å². The van der Waals surface area contributed by atoms with Crippen LogP contribution in [0.3, 0.4) is 0 Å². The zero-order valence-corrected chi connectivity index (χ0v) is 10.7. The van der Waals surface area contributed by atoms with Gasteiger partial charge in [-0.05, 0) is 30.7 Å². The Morgan fingerprint density at radius 1 is 1.32 bits per heavy atom. The SMILES string of the molecule is CCOC(=O)/C(C#N)=C/c1ccc(OC(C)=O)cc1. The van der Waals surface area contributed by atoms with E-state index in [-0.39, 0.29) is 12.2 Å². The molecular weight excluding hydrogens is 246 g/mol. The molecule has 5 nitrogen and oxygen atoms in total. The molecule has 0 aliphatic carbocycles. The molecule has 0 aromatic heterocycles. The minimum atomic E-state index is -0.658. The topological polar surface area (TPSA) is 76.4 Å². The van der Waals surface area contributed by atoms with Crippen molar-refractivity contribution in [3.05, 3.63) is 35.4 Å². The van der Waals surface area contributed by atoms with Crippen molar-refractivity contribution < 1.29 is 19.1 Å². The molecule has 19 heavy (non-hydrogen) atoms. The van der Waals surface area contributed by atoms with Crippen molar-refractivity contribution in [3.63, 3.8) is 0 Å². The monoisotopic (exact) mass is 259 g/mol. The summed E-state index contributed by atoms with van der Waals surface area (Å²) in [4.78, 5) is 22.2. The van der Waals surface area contributed by atoms with Crippen molar-refractivity contribution in [1.82, 2.24) is 0 Å². The van der Waals surface area contributed by atoms with E-state index in [9.17, 15) is 9.59 Å². The molecule has 0 atom stereocenters. The van der Waals surface area contributed by atoms with Crippen LogP contribution in [0.5, 0.6) is 5.75 Å². The normalized spacial score (nSPS) is 10.5. The van der Waals surface area contributed by atoms with E-state index in [4.69, 9.17) is 14.7 Å². The molecule has 0 N–H and O–H groups in total. The third-order valence-electron chi connectivity index (χ3n) is 2.07. The highest BCUT2D eigenvalue weighted by atomic mass is 16.5. The molecule has 0 heterocycles. The molecule has 0 aliphatic rings. The molecule has 0 radical (unpaired) electrons. The van der Waals surface area contributed by atoms with E-state index < -0.39 is 11.9 Å². The summed E-state index contributed by atoms with van der Waals surface area (Å²) in [6.45, 7) is 3.19. The highest BCUT2D eigenvalue weighted by Gasteiger charge is 2.09. The maximum atomic E-state index is 11.4. The molecule has 0 amide bonds. The number of nitriles is 1. The van der Waals surface area contributed by atoms with E-state index in [2.05, 4.69) is 0 Å². The number of esters is 2. The predicted molar refractivity (Wildman–Crippen MR) is 68.0 cm³/mol. The van der Waals surface area contributed by atoms with Crippen molar-refractivity contribution in [2.45, 2.75) is 13.8 Å². The van der Waals surface area contributed by atoms with Crippen LogP contribution in [0.2, 0.25) is 0 Å². The lowest BCUT2D eigenvalue weighted by Gasteiger charge is -2.02. The quantitative estimate of drug-likeness (QED) is 0.358. The van der Waals surface area contributed by atoms with Crippen molar-refractivity contribution in [1.29, 1.82) is 5.26 Å². The van der Waals surface area contributed by atoms with Gasteiger partial charge in [0.25, 0.3) is 0 Å². The minimum Gasteiger partial charge on any atom is -0.462 e. The number of nitrogens with zero attached hydrogens (tertiary/aromatic N) is 1. The first-order valence-corrected chi connectivity index (χ1v) is 5.64. The summed E-state index contributed by atoms with van der Waals surface area (Å²) >= 11 is 0. The molecule has 0 bridgehead atoms. The first kappa shape index (κ1) is 14.5. The van der Waals surface area contributed by atoms with Gasteiger partial charge < -0.3 is 9.47 Å². The maximum absolute atomic E-state index is 11.4. The van der Waals surface area contributed by atoms with Gasteiger partial charge in [0.05, 0.1) is 6.61 Å². The molecular formula is C14H13NO4. The van der Waals surface area contributed by atoms with Crippen LogP contribution in [0, 0.1) is 11.3 Å². The van der Waals surface area contributed by atoms with E-state index in [1.807, 2.05) is 0 Å². The number of ether oxygens (including phenoxy) is 2. The highest BCUT2D eigenvalue weighted by Crippen LogP contribution is 2.15. The van der Waals surface area contributed by atoms with Gasteiger partial charge in [-0.25, -0.2) is 4.79 Å². The predicted octanol–water partition coefficient (Wildman–Crippen LogP) is 2.08. The van der Waals surface area contributed by atoms with Gasteiger partial charge in [-0.2, -0.15) is 5.26 Å². The van der Waals surface area contributed by atoms with Gasteiger partial charge in [0.2, 0.25) is 0 Å². The Morgan fingerprint density at radius 3 is 2.42 bits per heavy atom. The van der Waals surface area contributed by atoms with E-state index >= 15 is 0 Å². The van der Waals surface area contributed by atoms with E-state index in [1.165, 1.54) is 13.0 Å². The lowest BCUT2D eigenvalue weighted by Crippen LogP contribution is -2.06. The van der Waals surface area contributed by atoms with Crippen LogP contribution >= 0.6 is 0 Å². The summed E-state index contributed by atoms with van der Waals surface area (Å²) in [5, 5.41) is 8.87. The number of carbonyl (C=O) groups is 2. The molecule has 1 rings (SSSR count). The van der Waals surface area contributed by atoms with Gasteiger partial charge >= 0.3 is 11.9 Å². The van der Waals surface area contributed by atoms with Gasteiger partial charge in [-0.1, -0.05) is 12.1 Å². The number of carbonyl (C=O) groups excluding carboxylic acids is 2. The molecule has 0 saturated carbocycles. The highest BCUT2D eigenvalue weighted by molar-refractivity contribution is 5.97. The zero-order chi connectivity index (χ0) is 14.3. The zero-order valence-electron chi connectivity index (χ0n) is 10.7. The summed E-state index contributed by atoms with van der Waals surface area (Å²) in [7, 11) is 0. The smallest absolute Gasteiger partial charge is 0.348 e.